The Kier molecular flexibility index (Phi) is 3.44. The second-order valence-corrected chi connectivity index (χ2v) is 5.46. The highest BCUT2D eigenvalue weighted by Gasteiger charge is 2.45. The van der Waals surface area contributed by atoms with Crippen molar-refractivity contribution in [2.24, 2.45) is 5.41 Å². The van der Waals surface area contributed by atoms with Gasteiger partial charge in [0.25, 0.3) is 0 Å². The SMILES string of the molecule is C[C@H](c1ccccc1)N1C[C@](C)(C(=O)Cl)CC1=O. The zero-order valence-electron chi connectivity index (χ0n) is 10.5. The Balaban J connectivity index is 2.21. The first-order valence-corrected chi connectivity index (χ1v) is 6.36. The lowest BCUT2D eigenvalue weighted by Gasteiger charge is -2.26. The van der Waals surface area contributed by atoms with E-state index in [1.165, 1.54) is 0 Å². The van der Waals surface area contributed by atoms with Crippen molar-refractivity contribution < 1.29 is 9.59 Å². The lowest BCUT2D eigenvalue weighted by Crippen LogP contribution is -2.32. The molecule has 1 aliphatic heterocycles. The summed E-state index contributed by atoms with van der Waals surface area (Å²) in [6.45, 7) is 4.11. The molecule has 1 amide bonds. The van der Waals surface area contributed by atoms with Crippen LogP contribution in [0.4, 0.5) is 0 Å². The number of amides is 1. The summed E-state index contributed by atoms with van der Waals surface area (Å²) in [6, 6.07) is 9.76. The summed E-state index contributed by atoms with van der Waals surface area (Å²) in [6.07, 6.45) is 0.201. The van der Waals surface area contributed by atoms with Crippen molar-refractivity contribution in [3.8, 4) is 0 Å². The van der Waals surface area contributed by atoms with E-state index in [-0.39, 0.29) is 18.4 Å². The minimum atomic E-state index is -0.748. The molecule has 1 aromatic carbocycles. The van der Waals surface area contributed by atoms with Crippen LogP contribution in [0.2, 0.25) is 0 Å². The van der Waals surface area contributed by atoms with E-state index in [2.05, 4.69) is 0 Å². The summed E-state index contributed by atoms with van der Waals surface area (Å²) in [5, 5.41) is -0.432. The molecule has 0 spiro atoms. The Morgan fingerprint density at radius 1 is 1.39 bits per heavy atom. The van der Waals surface area contributed by atoms with Gasteiger partial charge in [0.1, 0.15) is 0 Å². The first-order valence-electron chi connectivity index (χ1n) is 5.98. The topological polar surface area (TPSA) is 37.4 Å². The van der Waals surface area contributed by atoms with Gasteiger partial charge in [0.05, 0.1) is 11.5 Å². The monoisotopic (exact) mass is 265 g/mol. The van der Waals surface area contributed by atoms with E-state index in [1.54, 1.807) is 11.8 Å². The number of hydrogen-bond acceptors (Lipinski definition) is 2. The zero-order chi connectivity index (χ0) is 13.3. The largest absolute Gasteiger partial charge is 0.335 e. The van der Waals surface area contributed by atoms with Gasteiger partial charge < -0.3 is 4.90 Å². The van der Waals surface area contributed by atoms with Gasteiger partial charge in [-0.15, -0.1) is 0 Å². The molecular weight excluding hydrogens is 250 g/mol. The highest BCUT2D eigenvalue weighted by Crippen LogP contribution is 2.37. The molecule has 0 aliphatic carbocycles. The van der Waals surface area contributed by atoms with Crippen LogP contribution in [0.15, 0.2) is 30.3 Å². The molecule has 18 heavy (non-hydrogen) atoms. The summed E-state index contributed by atoms with van der Waals surface area (Å²) < 4.78 is 0. The number of halogens is 1. The number of benzene rings is 1. The van der Waals surface area contributed by atoms with Crippen molar-refractivity contribution >= 4 is 22.8 Å². The Bertz CT molecular complexity index is 474. The quantitative estimate of drug-likeness (QED) is 0.788. The molecule has 0 unspecified atom stereocenters. The molecule has 2 rings (SSSR count). The third-order valence-electron chi connectivity index (χ3n) is 3.61. The van der Waals surface area contributed by atoms with Crippen LogP contribution in [0.5, 0.6) is 0 Å². The molecule has 0 saturated carbocycles. The summed E-state index contributed by atoms with van der Waals surface area (Å²) >= 11 is 5.59. The Labute approximate surface area is 112 Å². The Morgan fingerprint density at radius 3 is 2.50 bits per heavy atom. The molecule has 96 valence electrons. The molecule has 1 heterocycles. The van der Waals surface area contributed by atoms with Gasteiger partial charge in [-0.3, -0.25) is 9.59 Å². The number of likely N-dealkylation sites (tertiary alicyclic amines) is 1. The molecule has 0 N–H and O–H groups in total. The van der Waals surface area contributed by atoms with E-state index in [9.17, 15) is 9.59 Å². The van der Waals surface area contributed by atoms with Gasteiger partial charge in [-0.1, -0.05) is 30.3 Å². The first-order chi connectivity index (χ1) is 8.44. The van der Waals surface area contributed by atoms with Crippen molar-refractivity contribution in [1.82, 2.24) is 4.90 Å². The maximum absolute atomic E-state index is 12.0. The minimum absolute atomic E-state index is 0.0112. The fraction of sp³-hybridized carbons (Fsp3) is 0.429. The van der Waals surface area contributed by atoms with Gasteiger partial charge in [0.15, 0.2) is 0 Å². The van der Waals surface area contributed by atoms with Crippen LogP contribution in [0.25, 0.3) is 0 Å². The maximum Gasteiger partial charge on any atom is 0.229 e. The van der Waals surface area contributed by atoms with Gasteiger partial charge in [0, 0.05) is 13.0 Å². The Morgan fingerprint density at radius 2 is 2.00 bits per heavy atom. The van der Waals surface area contributed by atoms with Gasteiger partial charge in [0.2, 0.25) is 11.1 Å². The van der Waals surface area contributed by atoms with Crippen LogP contribution in [0.3, 0.4) is 0 Å². The second kappa shape index (κ2) is 4.73. The molecule has 0 aromatic heterocycles. The van der Waals surface area contributed by atoms with E-state index >= 15 is 0 Å². The van der Waals surface area contributed by atoms with E-state index < -0.39 is 10.7 Å². The molecular formula is C14H16ClNO2. The number of carbonyl (C=O) groups is 2. The number of nitrogens with zero attached hydrogens (tertiary/aromatic N) is 1. The maximum atomic E-state index is 12.0. The molecule has 2 atom stereocenters. The van der Waals surface area contributed by atoms with Crippen LogP contribution < -0.4 is 0 Å². The standard InChI is InChI=1S/C14H16ClNO2/c1-10(11-6-4-3-5-7-11)16-9-14(2,13(15)18)8-12(16)17/h3-7,10H,8-9H2,1-2H3/t10-,14-/m1/s1. The normalized spacial score (nSPS) is 25.3. The van der Waals surface area contributed by atoms with Crippen molar-refractivity contribution in [3.63, 3.8) is 0 Å². The third-order valence-corrected chi connectivity index (χ3v) is 4.06. The summed E-state index contributed by atoms with van der Waals surface area (Å²) in [7, 11) is 0. The second-order valence-electron chi connectivity index (χ2n) is 5.12. The predicted molar refractivity (Wildman–Crippen MR) is 70.2 cm³/mol. The van der Waals surface area contributed by atoms with Crippen LogP contribution in [0.1, 0.15) is 31.9 Å². The fourth-order valence-electron chi connectivity index (χ4n) is 2.35. The summed E-state index contributed by atoms with van der Waals surface area (Å²) in [5.74, 6) is -0.0112. The molecule has 1 aliphatic rings. The van der Waals surface area contributed by atoms with E-state index in [0.717, 1.165) is 5.56 Å². The number of rotatable bonds is 3. The van der Waals surface area contributed by atoms with Crippen molar-refractivity contribution in [2.75, 3.05) is 6.54 Å². The van der Waals surface area contributed by atoms with Crippen molar-refractivity contribution in [2.45, 2.75) is 26.3 Å². The first kappa shape index (κ1) is 13.1. The molecule has 1 saturated heterocycles. The van der Waals surface area contributed by atoms with Crippen LogP contribution >= 0.6 is 11.6 Å². The lowest BCUT2D eigenvalue weighted by molar-refractivity contribution is -0.130. The average molecular weight is 266 g/mol. The Hall–Kier alpha value is -1.35. The van der Waals surface area contributed by atoms with Crippen LogP contribution in [0, 0.1) is 5.41 Å². The van der Waals surface area contributed by atoms with Gasteiger partial charge in [-0.2, -0.15) is 0 Å². The van der Waals surface area contributed by atoms with Crippen LogP contribution in [-0.2, 0) is 9.59 Å². The fourth-order valence-corrected chi connectivity index (χ4v) is 2.48. The summed E-state index contributed by atoms with van der Waals surface area (Å²) in [5.41, 5.74) is 0.318. The van der Waals surface area contributed by atoms with Crippen LogP contribution in [-0.4, -0.2) is 22.6 Å². The van der Waals surface area contributed by atoms with Crippen molar-refractivity contribution in [3.05, 3.63) is 35.9 Å². The smallest absolute Gasteiger partial charge is 0.229 e. The average Bonchev–Trinajstić information content (AvgIpc) is 2.66. The lowest BCUT2D eigenvalue weighted by atomic mass is 9.91. The molecule has 4 heteroatoms. The zero-order valence-corrected chi connectivity index (χ0v) is 11.3. The highest BCUT2D eigenvalue weighted by molar-refractivity contribution is 6.64. The molecule has 0 radical (unpaired) electrons. The molecule has 0 bridgehead atoms. The summed E-state index contributed by atoms with van der Waals surface area (Å²) in [4.78, 5) is 25.2. The van der Waals surface area contributed by atoms with Crippen molar-refractivity contribution in [1.29, 1.82) is 0 Å². The predicted octanol–water partition coefficient (Wildman–Crippen LogP) is 2.75. The van der Waals surface area contributed by atoms with Gasteiger partial charge in [-0.05, 0) is 31.0 Å². The van der Waals surface area contributed by atoms with Gasteiger partial charge >= 0.3 is 0 Å². The van der Waals surface area contributed by atoms with E-state index in [0.29, 0.717) is 6.54 Å². The number of hydrogen-bond donors (Lipinski definition) is 0. The molecule has 1 aromatic rings. The number of carbonyl (C=O) groups excluding carboxylic acids is 2. The van der Waals surface area contributed by atoms with E-state index in [1.807, 2.05) is 37.3 Å². The molecule has 1 fully saturated rings. The third kappa shape index (κ3) is 2.27. The minimum Gasteiger partial charge on any atom is -0.335 e. The highest BCUT2D eigenvalue weighted by atomic mass is 35.5. The van der Waals surface area contributed by atoms with Gasteiger partial charge in [-0.25, -0.2) is 0 Å². The van der Waals surface area contributed by atoms with E-state index in [4.69, 9.17) is 11.6 Å². The molecule has 3 nitrogen and oxygen atoms in total.